The molecule has 2 heterocycles. The summed E-state index contributed by atoms with van der Waals surface area (Å²) in [4.78, 5) is 13.1. The maximum Gasteiger partial charge on any atom is 0.226 e. The molecule has 2 aromatic rings. The molecule has 0 spiro atoms. The molecule has 0 unspecified atom stereocenters. The van der Waals surface area contributed by atoms with Crippen LogP contribution in [0.5, 0.6) is 0 Å². The second-order valence-corrected chi connectivity index (χ2v) is 4.97. The highest BCUT2D eigenvalue weighted by Crippen LogP contribution is 2.17. The fourth-order valence-corrected chi connectivity index (χ4v) is 2.45. The number of amidine groups is 1. The first-order chi connectivity index (χ1) is 10.2. The minimum Gasteiger partial charge on any atom is -0.382 e. The van der Waals surface area contributed by atoms with E-state index in [-0.39, 0.29) is 5.84 Å². The minimum absolute atomic E-state index is 0.0263. The largest absolute Gasteiger partial charge is 0.382 e. The third-order valence-corrected chi connectivity index (χ3v) is 3.60. The Morgan fingerprint density at radius 3 is 2.33 bits per heavy atom. The van der Waals surface area contributed by atoms with E-state index in [0.29, 0.717) is 11.6 Å². The van der Waals surface area contributed by atoms with Crippen LogP contribution >= 0.6 is 0 Å². The Morgan fingerprint density at radius 2 is 1.67 bits per heavy atom. The lowest BCUT2D eigenvalue weighted by atomic mass is 10.2. The van der Waals surface area contributed by atoms with Crippen molar-refractivity contribution in [2.24, 2.45) is 5.73 Å². The van der Waals surface area contributed by atoms with Gasteiger partial charge in [-0.25, -0.2) is 9.97 Å². The number of nitrogens with one attached hydrogen (secondary N) is 1. The van der Waals surface area contributed by atoms with E-state index in [1.54, 1.807) is 12.3 Å². The average molecular weight is 282 g/mol. The molecule has 0 saturated carbocycles. The first-order valence-electron chi connectivity index (χ1n) is 6.96. The summed E-state index contributed by atoms with van der Waals surface area (Å²) in [5, 5.41) is 7.45. The summed E-state index contributed by atoms with van der Waals surface area (Å²) in [6.45, 7) is 3.57. The molecule has 1 aliphatic rings. The number of aromatic nitrogens is 2. The predicted octanol–water partition coefficient (Wildman–Crippen LogP) is 1.09. The topological polar surface area (TPSA) is 82.1 Å². The van der Waals surface area contributed by atoms with Gasteiger partial charge in [0.2, 0.25) is 5.95 Å². The first-order valence-corrected chi connectivity index (χ1v) is 6.96. The van der Waals surface area contributed by atoms with Crippen LogP contribution in [0.3, 0.4) is 0 Å². The Balaban J connectivity index is 1.68. The molecule has 1 aromatic heterocycles. The number of piperazine rings is 1. The van der Waals surface area contributed by atoms with E-state index in [4.69, 9.17) is 11.1 Å². The van der Waals surface area contributed by atoms with E-state index in [1.165, 1.54) is 5.69 Å². The van der Waals surface area contributed by atoms with Crippen molar-refractivity contribution < 1.29 is 0 Å². The van der Waals surface area contributed by atoms with Crippen molar-refractivity contribution in [2.75, 3.05) is 36.0 Å². The van der Waals surface area contributed by atoms with Gasteiger partial charge in [0.15, 0.2) is 0 Å². The summed E-state index contributed by atoms with van der Waals surface area (Å²) in [5.41, 5.74) is 7.20. The number of hydrogen-bond acceptors (Lipinski definition) is 5. The second kappa shape index (κ2) is 5.78. The smallest absolute Gasteiger partial charge is 0.226 e. The molecule has 1 fully saturated rings. The molecule has 6 heteroatoms. The quantitative estimate of drug-likeness (QED) is 0.650. The van der Waals surface area contributed by atoms with E-state index in [1.807, 2.05) is 6.07 Å². The molecule has 0 atom stereocenters. The standard InChI is InChI=1S/C15H18N6/c16-14(17)13-6-7-18-15(19-13)21-10-8-20(9-11-21)12-4-2-1-3-5-12/h1-7H,8-11H2,(H3,16,17). The maximum absolute atomic E-state index is 7.45. The SMILES string of the molecule is N=C(N)c1ccnc(N2CCN(c3ccccc3)CC2)n1. The maximum atomic E-state index is 7.45. The van der Waals surface area contributed by atoms with Gasteiger partial charge in [-0.2, -0.15) is 0 Å². The van der Waals surface area contributed by atoms with Gasteiger partial charge in [0.25, 0.3) is 0 Å². The monoisotopic (exact) mass is 282 g/mol. The van der Waals surface area contributed by atoms with Crippen LogP contribution in [0.15, 0.2) is 42.6 Å². The molecule has 6 nitrogen and oxygen atoms in total. The number of nitrogen functional groups attached to an aromatic ring is 1. The Labute approximate surface area is 123 Å². The molecule has 3 rings (SSSR count). The number of para-hydroxylation sites is 1. The summed E-state index contributed by atoms with van der Waals surface area (Å²) >= 11 is 0. The third-order valence-electron chi connectivity index (χ3n) is 3.60. The molecule has 1 saturated heterocycles. The molecule has 0 radical (unpaired) electrons. The summed E-state index contributed by atoms with van der Waals surface area (Å²) in [5.74, 6) is 0.622. The van der Waals surface area contributed by atoms with Gasteiger partial charge in [0, 0.05) is 38.1 Å². The van der Waals surface area contributed by atoms with Crippen LogP contribution in [0, 0.1) is 5.41 Å². The third kappa shape index (κ3) is 2.94. The van der Waals surface area contributed by atoms with Crippen LogP contribution < -0.4 is 15.5 Å². The van der Waals surface area contributed by atoms with Gasteiger partial charge in [-0.1, -0.05) is 18.2 Å². The zero-order chi connectivity index (χ0) is 14.7. The molecule has 108 valence electrons. The van der Waals surface area contributed by atoms with Gasteiger partial charge >= 0.3 is 0 Å². The van der Waals surface area contributed by atoms with Gasteiger partial charge in [-0.05, 0) is 18.2 Å². The lowest BCUT2D eigenvalue weighted by Gasteiger charge is -2.36. The Bertz CT molecular complexity index is 619. The van der Waals surface area contributed by atoms with Gasteiger partial charge in [-0.3, -0.25) is 5.41 Å². The number of benzene rings is 1. The van der Waals surface area contributed by atoms with Gasteiger partial charge in [-0.15, -0.1) is 0 Å². The van der Waals surface area contributed by atoms with Crippen molar-refractivity contribution in [3.63, 3.8) is 0 Å². The van der Waals surface area contributed by atoms with Crippen LogP contribution in [0.4, 0.5) is 11.6 Å². The van der Waals surface area contributed by atoms with E-state index >= 15 is 0 Å². The highest BCUT2D eigenvalue weighted by atomic mass is 15.3. The lowest BCUT2D eigenvalue weighted by molar-refractivity contribution is 0.640. The minimum atomic E-state index is -0.0263. The fraction of sp³-hybridized carbons (Fsp3) is 0.267. The van der Waals surface area contributed by atoms with Crippen molar-refractivity contribution in [3.8, 4) is 0 Å². The van der Waals surface area contributed by atoms with Crippen LogP contribution in [0.1, 0.15) is 5.69 Å². The summed E-state index contributed by atoms with van der Waals surface area (Å²) in [6, 6.07) is 12.1. The molecule has 0 bridgehead atoms. The highest BCUT2D eigenvalue weighted by molar-refractivity contribution is 5.93. The molecule has 3 N–H and O–H groups in total. The summed E-state index contributed by atoms with van der Waals surface area (Å²) in [6.07, 6.45) is 1.66. The molecule has 0 amide bonds. The highest BCUT2D eigenvalue weighted by Gasteiger charge is 2.19. The molecule has 0 aliphatic carbocycles. The Kier molecular flexibility index (Phi) is 3.68. The molecular formula is C15H18N6. The number of anilines is 2. The summed E-state index contributed by atoms with van der Waals surface area (Å²) < 4.78 is 0. The first kappa shape index (κ1) is 13.4. The fourth-order valence-electron chi connectivity index (χ4n) is 2.45. The van der Waals surface area contributed by atoms with Crippen molar-refractivity contribution in [1.29, 1.82) is 5.41 Å². The van der Waals surface area contributed by atoms with Crippen molar-refractivity contribution >= 4 is 17.5 Å². The van der Waals surface area contributed by atoms with Crippen molar-refractivity contribution in [2.45, 2.75) is 0 Å². The number of rotatable bonds is 3. The van der Waals surface area contributed by atoms with Crippen LogP contribution in [0.2, 0.25) is 0 Å². The van der Waals surface area contributed by atoms with Crippen LogP contribution in [0.25, 0.3) is 0 Å². The van der Waals surface area contributed by atoms with Crippen LogP contribution in [-0.4, -0.2) is 42.0 Å². The zero-order valence-corrected chi connectivity index (χ0v) is 11.7. The lowest BCUT2D eigenvalue weighted by Crippen LogP contribution is -2.47. The molecule has 1 aliphatic heterocycles. The van der Waals surface area contributed by atoms with E-state index in [9.17, 15) is 0 Å². The number of nitrogens with zero attached hydrogens (tertiary/aromatic N) is 4. The van der Waals surface area contributed by atoms with Gasteiger partial charge < -0.3 is 15.5 Å². The molecular weight excluding hydrogens is 264 g/mol. The number of hydrogen-bond donors (Lipinski definition) is 2. The van der Waals surface area contributed by atoms with E-state index < -0.39 is 0 Å². The predicted molar refractivity (Wildman–Crippen MR) is 83.9 cm³/mol. The zero-order valence-electron chi connectivity index (χ0n) is 11.7. The van der Waals surface area contributed by atoms with Crippen molar-refractivity contribution in [3.05, 3.63) is 48.3 Å². The Hall–Kier alpha value is -2.63. The second-order valence-electron chi connectivity index (χ2n) is 4.97. The Morgan fingerprint density at radius 1 is 1.00 bits per heavy atom. The van der Waals surface area contributed by atoms with Crippen molar-refractivity contribution in [1.82, 2.24) is 9.97 Å². The molecule has 21 heavy (non-hydrogen) atoms. The van der Waals surface area contributed by atoms with Gasteiger partial charge in [0.1, 0.15) is 11.5 Å². The summed E-state index contributed by atoms with van der Waals surface area (Å²) in [7, 11) is 0. The van der Waals surface area contributed by atoms with E-state index in [2.05, 4.69) is 44.0 Å². The van der Waals surface area contributed by atoms with Gasteiger partial charge in [0.05, 0.1) is 0 Å². The van der Waals surface area contributed by atoms with Crippen LogP contribution in [-0.2, 0) is 0 Å². The average Bonchev–Trinajstić information content (AvgIpc) is 2.56. The van der Waals surface area contributed by atoms with E-state index in [0.717, 1.165) is 26.2 Å². The molecule has 1 aromatic carbocycles. The normalized spacial score (nSPS) is 15.0. The number of nitrogens with two attached hydrogens (primary N) is 1.